The maximum atomic E-state index is 12.2. The molecule has 8 heteroatoms. The van der Waals surface area contributed by atoms with Gasteiger partial charge in [-0.3, -0.25) is 4.79 Å². The molecule has 0 unspecified atom stereocenters. The first-order valence-corrected chi connectivity index (χ1v) is 10.9. The van der Waals surface area contributed by atoms with Crippen molar-refractivity contribution in [2.45, 2.75) is 51.6 Å². The van der Waals surface area contributed by atoms with Crippen molar-refractivity contribution in [3.8, 4) is 0 Å². The maximum Gasteiger partial charge on any atom is 0.220 e. The Labute approximate surface area is 168 Å². The van der Waals surface area contributed by atoms with E-state index in [4.69, 9.17) is 0 Å². The zero-order valence-corrected chi connectivity index (χ0v) is 16.7. The molecular weight excluding hydrogens is 372 g/mol. The second-order valence-electron chi connectivity index (χ2n) is 7.32. The molecule has 1 saturated carbocycles. The lowest BCUT2D eigenvalue weighted by Crippen LogP contribution is -2.29. The average molecular weight is 399 g/mol. The highest BCUT2D eigenvalue weighted by atomic mass is 32.1. The molecule has 0 bridgehead atoms. The maximum absolute atomic E-state index is 12.2. The number of nitrogens with zero attached hydrogens (tertiary/aromatic N) is 4. The molecule has 3 aromatic heterocycles. The fourth-order valence-electron chi connectivity index (χ4n) is 3.81. The fraction of sp³-hybridized carbons (Fsp3) is 0.500. The molecule has 1 amide bonds. The number of nitrogens with one attached hydrogen (secondary N) is 2. The van der Waals surface area contributed by atoms with E-state index < -0.39 is 0 Å². The van der Waals surface area contributed by atoms with Crippen LogP contribution in [0.1, 0.15) is 43.4 Å². The highest BCUT2D eigenvalue weighted by molar-refractivity contribution is 7.09. The Bertz CT molecular complexity index is 901. The molecule has 1 aliphatic carbocycles. The molecule has 0 aromatic carbocycles. The van der Waals surface area contributed by atoms with Gasteiger partial charge in [-0.25, -0.2) is 14.6 Å². The predicted molar refractivity (Wildman–Crippen MR) is 111 cm³/mol. The SMILES string of the molecule is O=C(CC1CCCCC1)NCCn1ncc2c(NCc3cccs3)ncnc21. The van der Waals surface area contributed by atoms with Gasteiger partial charge in [-0.1, -0.05) is 25.3 Å². The summed E-state index contributed by atoms with van der Waals surface area (Å²) in [7, 11) is 0. The first-order chi connectivity index (χ1) is 13.8. The molecule has 3 heterocycles. The molecule has 3 aromatic rings. The van der Waals surface area contributed by atoms with E-state index >= 15 is 0 Å². The van der Waals surface area contributed by atoms with Crippen molar-refractivity contribution in [1.29, 1.82) is 0 Å². The van der Waals surface area contributed by atoms with Crippen molar-refractivity contribution < 1.29 is 4.79 Å². The molecule has 7 nitrogen and oxygen atoms in total. The number of thiophene rings is 1. The van der Waals surface area contributed by atoms with Gasteiger partial charge >= 0.3 is 0 Å². The van der Waals surface area contributed by atoms with Crippen LogP contribution in [0.5, 0.6) is 0 Å². The molecule has 0 radical (unpaired) electrons. The smallest absolute Gasteiger partial charge is 0.220 e. The van der Waals surface area contributed by atoms with Crippen molar-refractivity contribution in [1.82, 2.24) is 25.1 Å². The molecule has 0 spiro atoms. The second kappa shape index (κ2) is 9.14. The number of anilines is 1. The lowest BCUT2D eigenvalue weighted by atomic mass is 9.87. The molecule has 1 aliphatic rings. The summed E-state index contributed by atoms with van der Waals surface area (Å²) in [6, 6.07) is 4.13. The van der Waals surface area contributed by atoms with E-state index in [0.29, 0.717) is 25.4 Å². The van der Waals surface area contributed by atoms with E-state index in [1.807, 2.05) is 10.7 Å². The van der Waals surface area contributed by atoms with E-state index in [9.17, 15) is 4.79 Å². The highest BCUT2D eigenvalue weighted by Gasteiger charge is 2.17. The third kappa shape index (κ3) is 4.67. The van der Waals surface area contributed by atoms with Gasteiger partial charge in [-0.05, 0) is 30.2 Å². The Balaban J connectivity index is 1.31. The van der Waals surface area contributed by atoms with E-state index in [2.05, 4.69) is 37.1 Å². The number of amides is 1. The summed E-state index contributed by atoms with van der Waals surface area (Å²) in [5, 5.41) is 13.8. The number of carbonyl (C=O) groups excluding carboxylic acids is 1. The average Bonchev–Trinajstić information content (AvgIpc) is 3.37. The van der Waals surface area contributed by atoms with Gasteiger partial charge in [0.25, 0.3) is 0 Å². The summed E-state index contributed by atoms with van der Waals surface area (Å²) in [5.41, 5.74) is 0.783. The van der Waals surface area contributed by atoms with Crippen LogP contribution in [-0.2, 0) is 17.9 Å². The molecule has 0 saturated heterocycles. The lowest BCUT2D eigenvalue weighted by molar-refractivity contribution is -0.122. The monoisotopic (exact) mass is 398 g/mol. The van der Waals surface area contributed by atoms with Crippen LogP contribution in [0.4, 0.5) is 5.82 Å². The van der Waals surface area contributed by atoms with Crippen LogP contribution in [-0.4, -0.2) is 32.2 Å². The van der Waals surface area contributed by atoms with Crippen molar-refractivity contribution in [3.63, 3.8) is 0 Å². The van der Waals surface area contributed by atoms with Gasteiger partial charge in [0.2, 0.25) is 5.91 Å². The Kier molecular flexibility index (Phi) is 6.16. The molecule has 148 valence electrons. The summed E-state index contributed by atoms with van der Waals surface area (Å²) in [6.45, 7) is 1.89. The van der Waals surface area contributed by atoms with Crippen molar-refractivity contribution in [2.75, 3.05) is 11.9 Å². The Morgan fingerprint density at radius 3 is 2.96 bits per heavy atom. The highest BCUT2D eigenvalue weighted by Crippen LogP contribution is 2.26. The molecule has 1 fully saturated rings. The van der Waals surface area contributed by atoms with Crippen LogP contribution in [0.15, 0.2) is 30.0 Å². The number of hydrogen-bond acceptors (Lipinski definition) is 6. The predicted octanol–water partition coefficient (Wildman–Crippen LogP) is 3.59. The first kappa shape index (κ1) is 18.9. The summed E-state index contributed by atoms with van der Waals surface area (Å²) in [5.74, 6) is 1.49. The zero-order chi connectivity index (χ0) is 19.2. The van der Waals surface area contributed by atoms with Gasteiger partial charge in [-0.2, -0.15) is 5.10 Å². The van der Waals surface area contributed by atoms with Crippen LogP contribution in [0.25, 0.3) is 11.0 Å². The second-order valence-corrected chi connectivity index (χ2v) is 8.35. The van der Waals surface area contributed by atoms with E-state index in [-0.39, 0.29) is 5.91 Å². The number of hydrogen-bond donors (Lipinski definition) is 2. The van der Waals surface area contributed by atoms with E-state index in [1.165, 1.54) is 37.0 Å². The van der Waals surface area contributed by atoms with Crippen LogP contribution in [0, 0.1) is 5.92 Å². The summed E-state index contributed by atoms with van der Waals surface area (Å²) in [6.07, 6.45) is 10.2. The minimum atomic E-state index is 0.149. The van der Waals surface area contributed by atoms with Gasteiger partial charge in [0.15, 0.2) is 5.65 Å². The van der Waals surface area contributed by atoms with Crippen molar-refractivity contribution >= 4 is 34.1 Å². The molecule has 0 aliphatic heterocycles. The number of rotatable bonds is 8. The standard InChI is InChI=1S/C20H26N6OS/c27-18(11-15-5-2-1-3-6-15)21-8-9-26-20-17(13-25-26)19(23-14-24-20)22-12-16-7-4-10-28-16/h4,7,10,13-15H,1-3,5-6,8-9,11-12H2,(H,21,27)(H,22,23,24). The molecule has 0 atom stereocenters. The minimum Gasteiger partial charge on any atom is -0.364 e. The first-order valence-electron chi connectivity index (χ1n) is 9.99. The van der Waals surface area contributed by atoms with Gasteiger partial charge in [-0.15, -0.1) is 11.3 Å². The number of aromatic nitrogens is 4. The van der Waals surface area contributed by atoms with Gasteiger partial charge in [0.1, 0.15) is 12.1 Å². The normalized spacial score (nSPS) is 15.0. The zero-order valence-electron chi connectivity index (χ0n) is 15.9. The molecular formula is C20H26N6OS. The van der Waals surface area contributed by atoms with Gasteiger partial charge < -0.3 is 10.6 Å². The van der Waals surface area contributed by atoms with Crippen LogP contribution in [0.2, 0.25) is 0 Å². The summed E-state index contributed by atoms with van der Waals surface area (Å²) in [4.78, 5) is 22.2. The van der Waals surface area contributed by atoms with Gasteiger partial charge in [0, 0.05) is 17.8 Å². The Morgan fingerprint density at radius 1 is 1.25 bits per heavy atom. The molecule has 28 heavy (non-hydrogen) atoms. The molecule has 4 rings (SSSR count). The fourth-order valence-corrected chi connectivity index (χ4v) is 4.45. The Morgan fingerprint density at radius 2 is 2.14 bits per heavy atom. The van der Waals surface area contributed by atoms with Gasteiger partial charge in [0.05, 0.1) is 24.7 Å². The van der Waals surface area contributed by atoms with Crippen molar-refractivity contribution in [2.24, 2.45) is 5.92 Å². The van der Waals surface area contributed by atoms with Crippen molar-refractivity contribution in [3.05, 3.63) is 34.9 Å². The quantitative estimate of drug-likeness (QED) is 0.606. The summed E-state index contributed by atoms with van der Waals surface area (Å²) >= 11 is 1.71. The minimum absolute atomic E-state index is 0.149. The summed E-state index contributed by atoms with van der Waals surface area (Å²) < 4.78 is 1.83. The Hall–Kier alpha value is -2.48. The van der Waals surface area contributed by atoms with Crippen LogP contribution < -0.4 is 10.6 Å². The van der Waals surface area contributed by atoms with Crippen LogP contribution in [0.3, 0.4) is 0 Å². The topological polar surface area (TPSA) is 84.7 Å². The number of carbonyl (C=O) groups is 1. The largest absolute Gasteiger partial charge is 0.364 e. The molecule has 2 N–H and O–H groups in total. The van der Waals surface area contributed by atoms with Crippen LogP contribution >= 0.6 is 11.3 Å². The third-order valence-corrected chi connectivity index (χ3v) is 6.16. The third-order valence-electron chi connectivity index (χ3n) is 5.29. The van der Waals surface area contributed by atoms with E-state index in [0.717, 1.165) is 23.4 Å². The number of fused-ring (bicyclic) bond motifs is 1. The van der Waals surface area contributed by atoms with E-state index in [1.54, 1.807) is 23.9 Å². The lowest BCUT2D eigenvalue weighted by Gasteiger charge is -2.20.